The number of rotatable bonds is 3. The highest BCUT2D eigenvalue weighted by Crippen LogP contribution is 2.32. The summed E-state index contributed by atoms with van der Waals surface area (Å²) in [5, 5.41) is 0.441. The molecule has 2 aromatic rings. The van der Waals surface area contributed by atoms with Crippen molar-refractivity contribution in [3.63, 3.8) is 0 Å². The lowest BCUT2D eigenvalue weighted by atomic mass is 10.2. The Bertz CT molecular complexity index is 577. The summed E-state index contributed by atoms with van der Waals surface area (Å²) in [5.41, 5.74) is 7.50. The molecule has 0 bridgehead atoms. The van der Waals surface area contributed by atoms with Crippen molar-refractivity contribution in [1.29, 1.82) is 0 Å². The fraction of sp³-hybridized carbons (Fsp3) is 0.0769. The van der Waals surface area contributed by atoms with E-state index < -0.39 is 0 Å². The van der Waals surface area contributed by atoms with E-state index in [2.05, 4.69) is 15.9 Å². The van der Waals surface area contributed by atoms with Crippen LogP contribution in [0.5, 0.6) is 0 Å². The summed E-state index contributed by atoms with van der Waals surface area (Å²) in [5.74, 6) is 0.329. The molecule has 0 heterocycles. The molecule has 0 aliphatic rings. The quantitative estimate of drug-likeness (QED) is 0.617. The number of hydrogen-bond donors (Lipinski definition) is 1. The van der Waals surface area contributed by atoms with Crippen LogP contribution in [0.2, 0.25) is 5.02 Å². The second kappa shape index (κ2) is 5.95. The van der Waals surface area contributed by atoms with Gasteiger partial charge < -0.3 is 5.73 Å². The maximum atomic E-state index is 12.9. The minimum absolute atomic E-state index is 0.323. The summed E-state index contributed by atoms with van der Waals surface area (Å²) in [6.07, 6.45) is 0. The Balaban J connectivity index is 2.13. The summed E-state index contributed by atoms with van der Waals surface area (Å²) >= 11 is 10.9. The fourth-order valence-electron chi connectivity index (χ4n) is 1.43. The van der Waals surface area contributed by atoms with Crippen LogP contribution in [0.1, 0.15) is 5.56 Å². The molecule has 0 saturated carbocycles. The monoisotopic (exact) mass is 345 g/mol. The molecule has 0 aromatic heterocycles. The molecule has 18 heavy (non-hydrogen) atoms. The van der Waals surface area contributed by atoms with Crippen molar-refractivity contribution in [2.45, 2.75) is 10.6 Å². The summed E-state index contributed by atoms with van der Waals surface area (Å²) in [7, 11) is 0. The van der Waals surface area contributed by atoms with E-state index in [-0.39, 0.29) is 5.82 Å². The first-order chi connectivity index (χ1) is 8.56. The van der Waals surface area contributed by atoms with Crippen LogP contribution < -0.4 is 5.73 Å². The molecule has 5 heteroatoms. The standard InChI is InChI=1S/C13H10BrClFNS/c14-9-2-4-12(17)13(5-9)18-7-8-1-3-10(16)6-11(8)15/h1-6H,7,17H2. The van der Waals surface area contributed by atoms with Gasteiger partial charge in [-0.3, -0.25) is 0 Å². The van der Waals surface area contributed by atoms with Gasteiger partial charge in [-0.1, -0.05) is 33.6 Å². The van der Waals surface area contributed by atoms with Crippen molar-refractivity contribution in [3.05, 3.63) is 57.3 Å². The third kappa shape index (κ3) is 3.40. The van der Waals surface area contributed by atoms with E-state index >= 15 is 0 Å². The van der Waals surface area contributed by atoms with Gasteiger partial charge in [-0.05, 0) is 35.9 Å². The molecule has 2 aromatic carbocycles. The highest BCUT2D eigenvalue weighted by atomic mass is 79.9. The molecule has 94 valence electrons. The zero-order valence-corrected chi connectivity index (χ0v) is 12.4. The Morgan fingerprint density at radius 1 is 1.22 bits per heavy atom. The van der Waals surface area contributed by atoms with Gasteiger partial charge in [0, 0.05) is 25.8 Å². The molecule has 0 saturated heterocycles. The molecule has 0 unspecified atom stereocenters. The molecular formula is C13H10BrClFNS. The fourth-order valence-corrected chi connectivity index (χ4v) is 3.26. The lowest BCUT2D eigenvalue weighted by Crippen LogP contribution is -1.90. The van der Waals surface area contributed by atoms with Crippen LogP contribution in [0.15, 0.2) is 45.8 Å². The van der Waals surface area contributed by atoms with Crippen molar-refractivity contribution < 1.29 is 4.39 Å². The maximum absolute atomic E-state index is 12.9. The van der Waals surface area contributed by atoms with Gasteiger partial charge in [0.1, 0.15) is 5.82 Å². The van der Waals surface area contributed by atoms with E-state index in [0.29, 0.717) is 10.8 Å². The van der Waals surface area contributed by atoms with Gasteiger partial charge in [0.15, 0.2) is 0 Å². The second-order valence-electron chi connectivity index (χ2n) is 3.71. The zero-order valence-electron chi connectivity index (χ0n) is 9.29. The Kier molecular flexibility index (Phi) is 4.54. The van der Waals surface area contributed by atoms with Crippen LogP contribution >= 0.6 is 39.3 Å². The average molecular weight is 347 g/mol. The summed E-state index contributed by atoms with van der Waals surface area (Å²) in [6, 6.07) is 10.1. The number of halogens is 3. The van der Waals surface area contributed by atoms with E-state index in [9.17, 15) is 4.39 Å². The number of hydrogen-bond acceptors (Lipinski definition) is 2. The molecular weight excluding hydrogens is 337 g/mol. The molecule has 0 aliphatic heterocycles. The van der Waals surface area contributed by atoms with Gasteiger partial charge >= 0.3 is 0 Å². The summed E-state index contributed by atoms with van der Waals surface area (Å²) < 4.78 is 13.9. The normalized spacial score (nSPS) is 10.6. The SMILES string of the molecule is Nc1ccc(Br)cc1SCc1ccc(F)cc1Cl. The van der Waals surface area contributed by atoms with E-state index in [1.165, 1.54) is 12.1 Å². The van der Waals surface area contributed by atoms with Gasteiger partial charge in [0.2, 0.25) is 0 Å². The van der Waals surface area contributed by atoms with Crippen molar-refractivity contribution in [1.82, 2.24) is 0 Å². The summed E-state index contributed by atoms with van der Waals surface area (Å²) in [4.78, 5) is 0.977. The van der Waals surface area contributed by atoms with Crippen LogP contribution in [0.3, 0.4) is 0 Å². The second-order valence-corrected chi connectivity index (χ2v) is 6.05. The highest BCUT2D eigenvalue weighted by molar-refractivity contribution is 9.10. The predicted octanol–water partition coefficient (Wildman–Crippen LogP) is 5.12. The van der Waals surface area contributed by atoms with E-state index in [1.54, 1.807) is 17.8 Å². The van der Waals surface area contributed by atoms with Crippen LogP contribution in [0.25, 0.3) is 0 Å². The first-order valence-electron chi connectivity index (χ1n) is 5.18. The number of nitrogens with two attached hydrogens (primary N) is 1. The molecule has 0 spiro atoms. The minimum atomic E-state index is -0.323. The van der Waals surface area contributed by atoms with Gasteiger partial charge in [-0.25, -0.2) is 4.39 Å². The van der Waals surface area contributed by atoms with E-state index in [4.69, 9.17) is 17.3 Å². The molecule has 0 atom stereocenters. The zero-order chi connectivity index (χ0) is 13.1. The lowest BCUT2D eigenvalue weighted by molar-refractivity contribution is 0.627. The van der Waals surface area contributed by atoms with Gasteiger partial charge in [-0.2, -0.15) is 0 Å². The Labute approximate surface area is 123 Å². The number of thioether (sulfide) groups is 1. The van der Waals surface area contributed by atoms with E-state index in [0.717, 1.165) is 20.6 Å². The predicted molar refractivity (Wildman–Crippen MR) is 79.5 cm³/mol. The van der Waals surface area contributed by atoms with Gasteiger partial charge in [-0.15, -0.1) is 11.8 Å². The number of benzene rings is 2. The molecule has 2 rings (SSSR count). The van der Waals surface area contributed by atoms with Crippen molar-refractivity contribution >= 4 is 45.0 Å². The van der Waals surface area contributed by atoms with Gasteiger partial charge in [0.25, 0.3) is 0 Å². The van der Waals surface area contributed by atoms with E-state index in [1.807, 2.05) is 18.2 Å². The third-order valence-electron chi connectivity index (χ3n) is 2.37. The third-order valence-corrected chi connectivity index (χ3v) is 4.34. The van der Waals surface area contributed by atoms with Gasteiger partial charge in [0.05, 0.1) is 0 Å². The van der Waals surface area contributed by atoms with Crippen LogP contribution in [-0.2, 0) is 5.75 Å². The topological polar surface area (TPSA) is 26.0 Å². The molecule has 0 radical (unpaired) electrons. The van der Waals surface area contributed by atoms with Crippen LogP contribution in [-0.4, -0.2) is 0 Å². The number of anilines is 1. The Morgan fingerprint density at radius 2 is 2.00 bits per heavy atom. The molecule has 0 amide bonds. The lowest BCUT2D eigenvalue weighted by Gasteiger charge is -2.07. The summed E-state index contributed by atoms with van der Waals surface area (Å²) in [6.45, 7) is 0. The van der Waals surface area contributed by atoms with Crippen molar-refractivity contribution in [2.75, 3.05) is 5.73 Å². The highest BCUT2D eigenvalue weighted by Gasteiger charge is 2.05. The van der Waals surface area contributed by atoms with Crippen molar-refractivity contribution in [2.24, 2.45) is 0 Å². The largest absolute Gasteiger partial charge is 0.398 e. The Morgan fingerprint density at radius 3 is 2.72 bits per heavy atom. The molecule has 0 aliphatic carbocycles. The molecule has 2 N–H and O–H groups in total. The van der Waals surface area contributed by atoms with Crippen LogP contribution in [0, 0.1) is 5.82 Å². The van der Waals surface area contributed by atoms with Crippen LogP contribution in [0.4, 0.5) is 10.1 Å². The molecule has 0 fully saturated rings. The van der Waals surface area contributed by atoms with Crippen molar-refractivity contribution in [3.8, 4) is 0 Å². The Hall–Kier alpha value is -0.710. The molecule has 1 nitrogen and oxygen atoms in total. The smallest absolute Gasteiger partial charge is 0.124 e. The number of nitrogen functional groups attached to an aromatic ring is 1. The minimum Gasteiger partial charge on any atom is -0.398 e. The first-order valence-corrected chi connectivity index (χ1v) is 7.33. The maximum Gasteiger partial charge on any atom is 0.124 e. The average Bonchev–Trinajstić information content (AvgIpc) is 2.32. The first kappa shape index (κ1) is 13.7.